The van der Waals surface area contributed by atoms with E-state index in [9.17, 15) is 4.79 Å². The highest BCUT2D eigenvalue weighted by atomic mass is 35.5. The summed E-state index contributed by atoms with van der Waals surface area (Å²) in [6, 6.07) is 5.66. The Balaban J connectivity index is 1.35. The fourth-order valence-corrected chi connectivity index (χ4v) is 4.39. The van der Waals surface area contributed by atoms with Gasteiger partial charge in [-0.2, -0.15) is 0 Å². The number of likely N-dealkylation sites (N-methyl/N-ethyl adjacent to an activating group) is 1. The van der Waals surface area contributed by atoms with Crippen LogP contribution in [0.1, 0.15) is 34.5 Å². The number of hydrogen-bond acceptors (Lipinski definition) is 4. The standard InChI is InChI=1S/C21H27ClN4O/c1-25-10-12-26(13-11-25)9-3-8-23-21(27)15-6-7-17-19(14-15)24-18-5-2-4-16(18)20(17)22/h6-7,14H,2-5,8-13H2,1H3,(H,23,27). The Morgan fingerprint density at radius 2 is 2.04 bits per heavy atom. The first-order chi connectivity index (χ1) is 13.1. The minimum absolute atomic E-state index is 0.0336. The van der Waals surface area contributed by atoms with E-state index in [4.69, 9.17) is 16.6 Å². The number of rotatable bonds is 5. The highest BCUT2D eigenvalue weighted by Gasteiger charge is 2.19. The maximum absolute atomic E-state index is 12.5. The van der Waals surface area contributed by atoms with E-state index >= 15 is 0 Å². The Morgan fingerprint density at radius 1 is 1.22 bits per heavy atom. The van der Waals surface area contributed by atoms with Crippen molar-refractivity contribution in [2.75, 3.05) is 46.3 Å². The third-order valence-corrected chi connectivity index (χ3v) is 6.17. The Bertz CT molecular complexity index is 846. The Kier molecular flexibility index (Phi) is 5.62. The third-order valence-electron chi connectivity index (χ3n) is 5.74. The number of halogens is 1. The van der Waals surface area contributed by atoms with Crippen molar-refractivity contribution in [3.8, 4) is 0 Å². The van der Waals surface area contributed by atoms with Gasteiger partial charge < -0.3 is 15.1 Å². The average Bonchev–Trinajstić information content (AvgIpc) is 3.15. The van der Waals surface area contributed by atoms with Crippen LogP contribution in [0, 0.1) is 0 Å². The van der Waals surface area contributed by atoms with Gasteiger partial charge in [-0.1, -0.05) is 17.7 Å². The van der Waals surface area contributed by atoms with Gasteiger partial charge in [-0.25, -0.2) is 0 Å². The lowest BCUT2D eigenvalue weighted by molar-refractivity contribution is 0.0949. The molecule has 1 aromatic heterocycles. The molecule has 0 saturated carbocycles. The molecule has 1 aliphatic heterocycles. The van der Waals surface area contributed by atoms with Crippen molar-refractivity contribution in [1.29, 1.82) is 0 Å². The number of aromatic nitrogens is 1. The number of piperazine rings is 1. The molecule has 4 rings (SSSR count). The highest BCUT2D eigenvalue weighted by molar-refractivity contribution is 6.36. The van der Waals surface area contributed by atoms with Gasteiger partial charge in [0.2, 0.25) is 0 Å². The summed E-state index contributed by atoms with van der Waals surface area (Å²) >= 11 is 6.56. The summed E-state index contributed by atoms with van der Waals surface area (Å²) in [6.45, 7) is 6.22. The van der Waals surface area contributed by atoms with Crippen molar-refractivity contribution in [2.24, 2.45) is 0 Å². The van der Waals surface area contributed by atoms with E-state index in [1.807, 2.05) is 18.2 Å². The topological polar surface area (TPSA) is 48.5 Å². The lowest BCUT2D eigenvalue weighted by Gasteiger charge is -2.32. The number of carbonyl (C=O) groups excluding carboxylic acids is 1. The Labute approximate surface area is 165 Å². The van der Waals surface area contributed by atoms with E-state index in [2.05, 4.69) is 22.2 Å². The van der Waals surface area contributed by atoms with Gasteiger partial charge in [0, 0.05) is 49.4 Å². The zero-order valence-electron chi connectivity index (χ0n) is 15.9. The van der Waals surface area contributed by atoms with E-state index in [0.717, 1.165) is 80.0 Å². The second kappa shape index (κ2) is 8.13. The quantitative estimate of drug-likeness (QED) is 0.803. The van der Waals surface area contributed by atoms with Crippen LogP contribution in [0.3, 0.4) is 0 Å². The first-order valence-electron chi connectivity index (χ1n) is 9.92. The maximum Gasteiger partial charge on any atom is 0.251 e. The molecule has 1 amide bonds. The first kappa shape index (κ1) is 18.7. The van der Waals surface area contributed by atoms with Crippen LogP contribution in [-0.4, -0.2) is 67.0 Å². The molecule has 2 aliphatic rings. The molecule has 27 heavy (non-hydrogen) atoms. The number of nitrogens with zero attached hydrogens (tertiary/aromatic N) is 3. The molecule has 0 radical (unpaired) electrons. The minimum Gasteiger partial charge on any atom is -0.352 e. The molecule has 1 fully saturated rings. The van der Waals surface area contributed by atoms with Gasteiger partial charge in [-0.3, -0.25) is 9.78 Å². The molecule has 1 aliphatic carbocycles. The number of pyridine rings is 1. The van der Waals surface area contributed by atoms with Crippen LogP contribution in [0.2, 0.25) is 5.02 Å². The Hall–Kier alpha value is -1.69. The molecule has 1 N–H and O–H groups in total. The SMILES string of the molecule is CN1CCN(CCCNC(=O)c2ccc3c(Cl)c4c(nc3c2)CCC4)CC1. The molecule has 0 unspecified atom stereocenters. The molecular weight excluding hydrogens is 360 g/mol. The number of fused-ring (bicyclic) bond motifs is 2. The fourth-order valence-electron chi connectivity index (χ4n) is 4.02. The summed E-state index contributed by atoms with van der Waals surface area (Å²) in [5.41, 5.74) is 3.76. The van der Waals surface area contributed by atoms with Crippen molar-refractivity contribution < 1.29 is 4.79 Å². The fraction of sp³-hybridized carbons (Fsp3) is 0.524. The van der Waals surface area contributed by atoms with Gasteiger partial charge in [0.25, 0.3) is 5.91 Å². The minimum atomic E-state index is -0.0336. The van der Waals surface area contributed by atoms with Gasteiger partial charge in [-0.05, 0) is 57.0 Å². The van der Waals surface area contributed by atoms with E-state index in [1.54, 1.807) is 0 Å². The molecule has 1 saturated heterocycles. The van der Waals surface area contributed by atoms with Crippen LogP contribution in [0.5, 0.6) is 0 Å². The molecule has 0 bridgehead atoms. The molecule has 0 atom stereocenters. The van der Waals surface area contributed by atoms with Crippen LogP contribution in [0.4, 0.5) is 0 Å². The van der Waals surface area contributed by atoms with Crippen molar-refractivity contribution >= 4 is 28.4 Å². The summed E-state index contributed by atoms with van der Waals surface area (Å²) in [7, 11) is 2.16. The number of amides is 1. The van der Waals surface area contributed by atoms with Gasteiger partial charge in [0.05, 0.1) is 10.5 Å². The van der Waals surface area contributed by atoms with Gasteiger partial charge >= 0.3 is 0 Å². The van der Waals surface area contributed by atoms with Crippen molar-refractivity contribution in [3.05, 3.63) is 40.0 Å². The maximum atomic E-state index is 12.5. The lowest BCUT2D eigenvalue weighted by Crippen LogP contribution is -2.45. The van der Waals surface area contributed by atoms with Gasteiger partial charge in [-0.15, -0.1) is 0 Å². The summed E-state index contributed by atoms with van der Waals surface area (Å²) in [5.74, 6) is -0.0336. The number of aryl methyl sites for hydroxylation is 1. The molecule has 1 aromatic carbocycles. The number of benzene rings is 1. The van der Waals surface area contributed by atoms with Crippen molar-refractivity contribution in [3.63, 3.8) is 0 Å². The smallest absolute Gasteiger partial charge is 0.251 e. The van der Waals surface area contributed by atoms with E-state index in [0.29, 0.717) is 12.1 Å². The average molecular weight is 387 g/mol. The highest BCUT2D eigenvalue weighted by Crippen LogP contribution is 2.33. The van der Waals surface area contributed by atoms with Crippen LogP contribution >= 0.6 is 11.6 Å². The lowest BCUT2D eigenvalue weighted by atomic mass is 10.1. The summed E-state index contributed by atoms with van der Waals surface area (Å²) < 4.78 is 0. The second-order valence-corrected chi connectivity index (χ2v) is 8.07. The van der Waals surface area contributed by atoms with Crippen molar-refractivity contribution in [2.45, 2.75) is 25.7 Å². The summed E-state index contributed by atoms with van der Waals surface area (Å²) in [6.07, 6.45) is 4.07. The normalized spacial score (nSPS) is 18.0. The van der Waals surface area contributed by atoms with Gasteiger partial charge in [0.15, 0.2) is 0 Å². The van der Waals surface area contributed by atoms with E-state index in [-0.39, 0.29) is 5.91 Å². The molecule has 2 aromatic rings. The third kappa shape index (κ3) is 4.10. The zero-order chi connectivity index (χ0) is 18.8. The van der Waals surface area contributed by atoms with Crippen LogP contribution < -0.4 is 5.32 Å². The molecule has 5 nitrogen and oxygen atoms in total. The number of nitrogens with one attached hydrogen (secondary N) is 1. The second-order valence-electron chi connectivity index (χ2n) is 7.69. The van der Waals surface area contributed by atoms with Crippen molar-refractivity contribution in [1.82, 2.24) is 20.1 Å². The van der Waals surface area contributed by atoms with Crippen LogP contribution in [0.15, 0.2) is 18.2 Å². The van der Waals surface area contributed by atoms with E-state index in [1.165, 1.54) is 5.56 Å². The van der Waals surface area contributed by atoms with Crippen LogP contribution in [-0.2, 0) is 12.8 Å². The Morgan fingerprint density at radius 3 is 2.85 bits per heavy atom. The number of hydrogen-bond donors (Lipinski definition) is 1. The van der Waals surface area contributed by atoms with E-state index < -0.39 is 0 Å². The predicted octanol–water partition coefficient (Wildman–Crippen LogP) is 2.74. The first-order valence-corrected chi connectivity index (χ1v) is 10.3. The molecular formula is C21H27ClN4O. The van der Waals surface area contributed by atoms with Crippen LogP contribution in [0.25, 0.3) is 10.9 Å². The monoisotopic (exact) mass is 386 g/mol. The summed E-state index contributed by atoms with van der Waals surface area (Å²) in [5, 5.41) is 4.80. The molecule has 144 valence electrons. The number of carbonyl (C=O) groups is 1. The largest absolute Gasteiger partial charge is 0.352 e. The molecule has 2 heterocycles. The molecule has 6 heteroatoms. The van der Waals surface area contributed by atoms with Gasteiger partial charge in [0.1, 0.15) is 0 Å². The predicted molar refractivity (Wildman–Crippen MR) is 110 cm³/mol. The molecule has 0 spiro atoms. The summed E-state index contributed by atoms with van der Waals surface area (Å²) in [4.78, 5) is 22.1. The zero-order valence-corrected chi connectivity index (χ0v) is 16.7.